The summed E-state index contributed by atoms with van der Waals surface area (Å²) in [7, 11) is 0. The van der Waals surface area contributed by atoms with Crippen LogP contribution in [0.5, 0.6) is 0 Å². The van der Waals surface area contributed by atoms with E-state index in [9.17, 15) is 65.8 Å². The first-order valence-corrected chi connectivity index (χ1v) is 22.6. The Morgan fingerprint density at radius 2 is 1.08 bits per heavy atom. The first-order valence-electron chi connectivity index (χ1n) is 22.6. The van der Waals surface area contributed by atoms with Gasteiger partial charge in [0, 0.05) is 12.8 Å². The third kappa shape index (κ3) is 15.5. The molecule has 0 aromatic carbocycles. The molecule has 11 N–H and O–H groups in total. The van der Waals surface area contributed by atoms with Crippen molar-refractivity contribution in [1.82, 2.24) is 0 Å². The fourth-order valence-electron chi connectivity index (χ4n) is 8.20. The predicted molar refractivity (Wildman–Crippen MR) is 215 cm³/mol. The van der Waals surface area contributed by atoms with Gasteiger partial charge in [-0.25, -0.2) is 0 Å². The molecule has 3 heterocycles. The van der Waals surface area contributed by atoms with E-state index in [0.29, 0.717) is 6.42 Å². The van der Waals surface area contributed by atoms with Gasteiger partial charge in [0.2, 0.25) is 5.79 Å². The topological polar surface area (TPSA) is 321 Å². The zero-order valence-electron chi connectivity index (χ0n) is 36.3. The van der Waals surface area contributed by atoms with E-state index in [1.807, 2.05) is 0 Å². The highest BCUT2D eigenvalue weighted by Crippen LogP contribution is 2.41. The van der Waals surface area contributed by atoms with Crippen molar-refractivity contribution < 1.29 is 98.9 Å². The maximum Gasteiger partial charge on any atom is 0.306 e. The Kier molecular flexibility index (Phi) is 25.0. The van der Waals surface area contributed by atoms with E-state index in [1.54, 1.807) is 6.92 Å². The Labute approximate surface area is 364 Å². The number of aliphatic hydroxyl groups excluding tert-OH is 11. The van der Waals surface area contributed by atoms with E-state index in [0.717, 1.165) is 32.1 Å². The van der Waals surface area contributed by atoms with Crippen LogP contribution in [-0.4, -0.2) is 192 Å². The van der Waals surface area contributed by atoms with E-state index in [-0.39, 0.29) is 38.7 Å². The molecule has 3 aliphatic rings. The Morgan fingerprint density at radius 1 is 0.565 bits per heavy atom. The van der Waals surface area contributed by atoms with Gasteiger partial charge < -0.3 is 89.3 Å². The average Bonchev–Trinajstić information content (AvgIpc) is 3.26. The zero-order valence-corrected chi connectivity index (χ0v) is 36.3. The molecule has 16 atom stereocenters. The highest BCUT2D eigenvalue weighted by Gasteiger charge is 2.63. The maximum atomic E-state index is 13.5. The van der Waals surface area contributed by atoms with Crippen molar-refractivity contribution >= 4 is 11.9 Å². The Bertz CT molecular complexity index is 1240. The Hall–Kier alpha value is -1.70. The third-order valence-electron chi connectivity index (χ3n) is 11.9. The molecule has 0 spiro atoms. The van der Waals surface area contributed by atoms with Crippen LogP contribution in [0.4, 0.5) is 0 Å². The lowest BCUT2D eigenvalue weighted by atomic mass is 9.86. The van der Waals surface area contributed by atoms with Crippen molar-refractivity contribution in [2.75, 3.05) is 26.4 Å². The molecule has 3 saturated heterocycles. The van der Waals surface area contributed by atoms with Gasteiger partial charge in [-0.15, -0.1) is 0 Å². The number of hydrogen-bond acceptors (Lipinski definition) is 20. The molecule has 62 heavy (non-hydrogen) atoms. The van der Waals surface area contributed by atoms with E-state index in [4.69, 9.17) is 33.2 Å². The van der Waals surface area contributed by atoms with E-state index in [2.05, 4.69) is 6.92 Å². The van der Waals surface area contributed by atoms with Crippen molar-refractivity contribution in [3.8, 4) is 0 Å². The Morgan fingerprint density at radius 3 is 1.65 bits per heavy atom. The van der Waals surface area contributed by atoms with Crippen LogP contribution in [0, 0.1) is 0 Å². The minimum Gasteiger partial charge on any atom is -0.466 e. The molecule has 20 heteroatoms. The fraction of sp³-hybridized carbons (Fsp3) is 0.952. The van der Waals surface area contributed by atoms with Gasteiger partial charge in [0.25, 0.3) is 0 Å². The number of carbonyl (C=O) groups is 2. The molecular weight excluding hydrogens is 824 g/mol. The van der Waals surface area contributed by atoms with Gasteiger partial charge in [0.05, 0.1) is 26.4 Å². The average molecular weight is 901 g/mol. The molecule has 0 bridgehead atoms. The van der Waals surface area contributed by atoms with Gasteiger partial charge >= 0.3 is 11.9 Å². The minimum absolute atomic E-state index is 0.0332. The lowest BCUT2D eigenvalue weighted by Crippen LogP contribution is -2.73. The lowest BCUT2D eigenvalue weighted by Gasteiger charge is -2.54. The predicted octanol–water partition coefficient (Wildman–Crippen LogP) is -0.686. The maximum absolute atomic E-state index is 13.5. The molecule has 0 amide bonds. The molecule has 3 rings (SSSR count). The van der Waals surface area contributed by atoms with Crippen LogP contribution in [0.1, 0.15) is 129 Å². The highest BCUT2D eigenvalue weighted by molar-refractivity contribution is 5.70. The van der Waals surface area contributed by atoms with Gasteiger partial charge in [-0.2, -0.15) is 0 Å². The summed E-state index contributed by atoms with van der Waals surface area (Å²) < 4.78 is 39.7. The lowest BCUT2D eigenvalue weighted by molar-refractivity contribution is -0.427. The fourth-order valence-corrected chi connectivity index (χ4v) is 8.20. The molecule has 0 aromatic heterocycles. The Balaban J connectivity index is 1.81. The minimum atomic E-state index is -2.73. The summed E-state index contributed by atoms with van der Waals surface area (Å²) in [5, 5.41) is 118. The van der Waals surface area contributed by atoms with Gasteiger partial charge in [-0.05, 0) is 32.6 Å². The van der Waals surface area contributed by atoms with Crippen LogP contribution in [-0.2, 0) is 42.7 Å². The zero-order chi connectivity index (χ0) is 45.8. The van der Waals surface area contributed by atoms with Gasteiger partial charge in [-0.3, -0.25) is 9.59 Å². The van der Waals surface area contributed by atoms with Gasteiger partial charge in [0.1, 0.15) is 73.2 Å². The third-order valence-corrected chi connectivity index (χ3v) is 11.9. The molecule has 0 saturated carbocycles. The molecule has 3 fully saturated rings. The summed E-state index contributed by atoms with van der Waals surface area (Å²) in [6.45, 7) is 1.24. The molecule has 0 aliphatic carbocycles. The first kappa shape index (κ1) is 54.6. The van der Waals surface area contributed by atoms with Crippen molar-refractivity contribution in [3.63, 3.8) is 0 Å². The van der Waals surface area contributed by atoms with Crippen LogP contribution >= 0.6 is 0 Å². The molecule has 364 valence electrons. The summed E-state index contributed by atoms with van der Waals surface area (Å²) in [5.41, 5.74) is 0. The van der Waals surface area contributed by atoms with Crippen LogP contribution in [0.3, 0.4) is 0 Å². The van der Waals surface area contributed by atoms with Crippen LogP contribution in [0.15, 0.2) is 0 Å². The van der Waals surface area contributed by atoms with E-state index in [1.165, 1.54) is 44.9 Å². The number of rotatable bonds is 29. The number of aliphatic hydroxyl groups is 11. The van der Waals surface area contributed by atoms with Gasteiger partial charge in [-0.1, -0.05) is 84.0 Å². The van der Waals surface area contributed by atoms with Crippen molar-refractivity contribution in [3.05, 3.63) is 0 Å². The van der Waals surface area contributed by atoms with Crippen molar-refractivity contribution in [2.45, 2.75) is 227 Å². The number of ether oxygens (including phenoxy) is 7. The van der Waals surface area contributed by atoms with Crippen molar-refractivity contribution in [1.29, 1.82) is 0 Å². The quantitative estimate of drug-likeness (QED) is 0.0327. The van der Waals surface area contributed by atoms with E-state index < -0.39 is 129 Å². The number of hydrogen-bond donors (Lipinski definition) is 11. The van der Waals surface area contributed by atoms with Crippen LogP contribution in [0.25, 0.3) is 0 Å². The summed E-state index contributed by atoms with van der Waals surface area (Å²) >= 11 is 0. The summed E-state index contributed by atoms with van der Waals surface area (Å²) in [6.07, 6.45) is -14.1. The van der Waals surface area contributed by atoms with Gasteiger partial charge in [0.15, 0.2) is 18.7 Å². The summed E-state index contributed by atoms with van der Waals surface area (Å²) in [6, 6.07) is 0. The largest absolute Gasteiger partial charge is 0.466 e. The SMILES string of the molecule is CCCCCCCCCCCCCCCC(=O)OC(CCCCC(=O)OCC)C1(O[C@H]2[C@H](O)[C@@H](O)C(O[C@H]3[C@H](O)[C@@H](O)[C@@H](O)O[C@@H]3CO)O[C@@H]2CO)O[C@H](CO)[C@@H](O)[C@H](O)[C@H]1O. The molecule has 20 nitrogen and oxygen atoms in total. The van der Waals surface area contributed by atoms with E-state index >= 15 is 0 Å². The van der Waals surface area contributed by atoms with Crippen molar-refractivity contribution in [2.24, 2.45) is 0 Å². The molecular formula is C42H76O20. The number of unbranched alkanes of at least 4 members (excludes halogenated alkanes) is 13. The first-order chi connectivity index (χ1) is 29.7. The number of carbonyl (C=O) groups excluding carboxylic acids is 2. The normalized spacial score (nSPS) is 35.7. The van der Waals surface area contributed by atoms with Crippen LogP contribution < -0.4 is 0 Å². The monoisotopic (exact) mass is 900 g/mol. The standard InChI is InChI=1S/C42H76O20/c1-3-5-6-7-8-9-10-11-12-13-14-15-16-21-30(47)59-28(19-17-18-20-29(46)56-4-2)42(39(54)34(51)31(48)25(22-43)61-42)62-38-27(24-45)58-41(36(53)33(38)50)60-37-26(23-44)57-40(55)35(52)32(37)49/h25-28,31-41,43-45,48-55H,3-24H2,1-2H3/t25-,26-,27-,28?,31-,32-,33-,34+,35-,36-,37-,38-,39-,40+,41?,42?/m1/s1. The molecule has 3 aliphatic heterocycles. The smallest absolute Gasteiger partial charge is 0.306 e. The second-order valence-corrected chi connectivity index (χ2v) is 16.6. The molecule has 3 unspecified atom stereocenters. The number of esters is 2. The molecule has 0 radical (unpaired) electrons. The highest BCUT2D eigenvalue weighted by atomic mass is 16.8. The summed E-state index contributed by atoms with van der Waals surface area (Å²) in [4.78, 5) is 25.7. The second kappa shape index (κ2) is 28.4. The summed E-state index contributed by atoms with van der Waals surface area (Å²) in [5.74, 6) is -3.98. The molecule has 0 aromatic rings. The second-order valence-electron chi connectivity index (χ2n) is 16.6. The van der Waals surface area contributed by atoms with Crippen LogP contribution in [0.2, 0.25) is 0 Å².